The van der Waals surface area contributed by atoms with Gasteiger partial charge < -0.3 is 4.74 Å². The molecule has 0 aliphatic carbocycles. The summed E-state index contributed by atoms with van der Waals surface area (Å²) in [6, 6.07) is 17.1. The topological polar surface area (TPSA) is 46.6 Å². The quantitative estimate of drug-likeness (QED) is 0.801. The summed E-state index contributed by atoms with van der Waals surface area (Å²) in [4.78, 5) is 0. The lowest BCUT2D eigenvalue weighted by atomic mass is 10.1. The highest BCUT2D eigenvalue weighted by atomic mass is 32.2. The molecule has 1 fully saturated rings. The monoisotopic (exact) mass is 345 g/mol. The van der Waals surface area contributed by atoms with Crippen LogP contribution < -0.4 is 4.74 Å². The molecule has 128 valence electrons. The van der Waals surface area contributed by atoms with Crippen LogP contribution in [-0.2, 0) is 15.8 Å². The van der Waals surface area contributed by atoms with Gasteiger partial charge in [0.05, 0.1) is 12.4 Å². The molecule has 5 heteroatoms. The van der Waals surface area contributed by atoms with Gasteiger partial charge in [0.1, 0.15) is 5.75 Å². The fourth-order valence-electron chi connectivity index (χ4n) is 3.23. The van der Waals surface area contributed by atoms with Gasteiger partial charge >= 0.3 is 0 Å². The van der Waals surface area contributed by atoms with Crippen molar-refractivity contribution >= 4 is 10.0 Å². The maximum absolute atomic E-state index is 12.9. The van der Waals surface area contributed by atoms with E-state index in [1.165, 1.54) is 0 Å². The maximum Gasteiger partial charge on any atom is 0.218 e. The van der Waals surface area contributed by atoms with Gasteiger partial charge in [-0.2, -0.15) is 4.31 Å². The van der Waals surface area contributed by atoms with Gasteiger partial charge in [-0.15, -0.1) is 0 Å². The fraction of sp³-hybridized carbons (Fsp3) is 0.368. The minimum absolute atomic E-state index is 0.0569. The second-order valence-corrected chi connectivity index (χ2v) is 7.93. The lowest BCUT2D eigenvalue weighted by molar-refractivity contribution is 0.339. The zero-order valence-electron chi connectivity index (χ0n) is 13.9. The van der Waals surface area contributed by atoms with Crippen molar-refractivity contribution in [2.24, 2.45) is 0 Å². The van der Waals surface area contributed by atoms with Crippen LogP contribution in [-0.4, -0.2) is 25.9 Å². The summed E-state index contributed by atoms with van der Waals surface area (Å²) in [5, 5.41) is 0. The van der Waals surface area contributed by atoms with Crippen LogP contribution in [0.5, 0.6) is 5.75 Å². The molecule has 1 aliphatic heterocycles. The highest BCUT2D eigenvalue weighted by Gasteiger charge is 2.35. The molecule has 0 aromatic heterocycles. The molecule has 4 nitrogen and oxygen atoms in total. The maximum atomic E-state index is 12.9. The smallest absolute Gasteiger partial charge is 0.218 e. The van der Waals surface area contributed by atoms with Gasteiger partial charge in [0.25, 0.3) is 0 Å². The van der Waals surface area contributed by atoms with Crippen molar-refractivity contribution in [3.8, 4) is 5.75 Å². The third kappa shape index (κ3) is 3.79. The van der Waals surface area contributed by atoms with Crippen molar-refractivity contribution in [2.45, 2.75) is 31.6 Å². The van der Waals surface area contributed by atoms with Gasteiger partial charge in [-0.3, -0.25) is 0 Å². The Balaban J connectivity index is 1.79. The van der Waals surface area contributed by atoms with Crippen molar-refractivity contribution in [3.05, 3.63) is 65.7 Å². The Labute approximate surface area is 144 Å². The molecule has 0 unspecified atom stereocenters. The van der Waals surface area contributed by atoms with E-state index < -0.39 is 10.0 Å². The van der Waals surface area contributed by atoms with E-state index in [1.807, 2.05) is 61.5 Å². The SMILES string of the molecule is CCOc1ccc([C@@H]2CCCN2S(=O)(=O)Cc2ccccc2)cc1. The fourth-order valence-corrected chi connectivity index (χ4v) is 5.03. The zero-order valence-corrected chi connectivity index (χ0v) is 14.7. The number of nitrogens with zero attached hydrogens (tertiary/aromatic N) is 1. The Hall–Kier alpha value is -1.85. The molecule has 0 bridgehead atoms. The van der Waals surface area contributed by atoms with Crippen molar-refractivity contribution in [1.82, 2.24) is 4.31 Å². The van der Waals surface area contributed by atoms with E-state index in [9.17, 15) is 8.42 Å². The van der Waals surface area contributed by atoms with Crippen LogP contribution in [0.2, 0.25) is 0 Å². The van der Waals surface area contributed by atoms with Crippen molar-refractivity contribution in [1.29, 1.82) is 0 Å². The molecule has 0 spiro atoms. The van der Waals surface area contributed by atoms with Crippen LogP contribution in [0.1, 0.15) is 36.9 Å². The van der Waals surface area contributed by atoms with Crippen molar-refractivity contribution in [3.63, 3.8) is 0 Å². The molecule has 0 radical (unpaired) electrons. The van der Waals surface area contributed by atoms with Gasteiger partial charge in [-0.05, 0) is 43.0 Å². The molecular formula is C19H23NO3S. The second-order valence-electron chi connectivity index (χ2n) is 6.01. The Morgan fingerprint density at radius 1 is 1.08 bits per heavy atom. The lowest BCUT2D eigenvalue weighted by Gasteiger charge is -2.24. The summed E-state index contributed by atoms with van der Waals surface area (Å²) in [5.41, 5.74) is 1.86. The van der Waals surface area contributed by atoms with E-state index >= 15 is 0 Å². The number of sulfonamides is 1. The van der Waals surface area contributed by atoms with Crippen LogP contribution >= 0.6 is 0 Å². The molecule has 1 heterocycles. The molecular weight excluding hydrogens is 322 g/mol. The highest BCUT2D eigenvalue weighted by Crippen LogP contribution is 2.35. The largest absolute Gasteiger partial charge is 0.494 e. The highest BCUT2D eigenvalue weighted by molar-refractivity contribution is 7.88. The number of hydrogen-bond donors (Lipinski definition) is 0. The van der Waals surface area contributed by atoms with E-state index in [0.717, 1.165) is 29.7 Å². The Bertz CT molecular complexity index is 757. The first-order valence-electron chi connectivity index (χ1n) is 8.36. The van der Waals surface area contributed by atoms with Gasteiger partial charge in [-0.25, -0.2) is 8.42 Å². The van der Waals surface area contributed by atoms with E-state index in [4.69, 9.17) is 4.74 Å². The number of ether oxygens (including phenoxy) is 1. The van der Waals surface area contributed by atoms with Gasteiger partial charge in [0.15, 0.2) is 0 Å². The first kappa shape index (κ1) is 17.0. The summed E-state index contributed by atoms with van der Waals surface area (Å²) in [7, 11) is -3.33. The van der Waals surface area contributed by atoms with Gasteiger partial charge in [-0.1, -0.05) is 42.5 Å². The number of rotatable bonds is 6. The standard InChI is InChI=1S/C19H23NO3S/c1-2-23-18-12-10-17(11-13-18)19-9-6-14-20(19)24(21,22)15-16-7-4-3-5-8-16/h3-5,7-8,10-13,19H,2,6,9,14-15H2,1H3/t19-/m0/s1. The number of hydrogen-bond acceptors (Lipinski definition) is 3. The van der Waals surface area contributed by atoms with Gasteiger partial charge in [0.2, 0.25) is 10.0 Å². The normalized spacial score (nSPS) is 18.6. The van der Waals surface area contributed by atoms with Crippen LogP contribution in [0.3, 0.4) is 0 Å². The summed E-state index contributed by atoms with van der Waals surface area (Å²) in [6.07, 6.45) is 1.76. The van der Waals surface area contributed by atoms with Crippen LogP contribution in [0.4, 0.5) is 0 Å². The summed E-state index contributed by atoms with van der Waals surface area (Å²) in [6.45, 7) is 3.16. The Kier molecular flexibility index (Phi) is 5.21. The molecule has 1 atom stereocenters. The predicted octanol–water partition coefficient (Wildman–Crippen LogP) is 3.75. The molecule has 2 aromatic carbocycles. The van der Waals surface area contributed by atoms with Crippen LogP contribution in [0.25, 0.3) is 0 Å². The average Bonchev–Trinajstić information content (AvgIpc) is 3.07. The molecule has 24 heavy (non-hydrogen) atoms. The molecule has 3 rings (SSSR count). The van der Waals surface area contributed by atoms with Crippen molar-refractivity contribution in [2.75, 3.05) is 13.2 Å². The summed E-state index contributed by atoms with van der Waals surface area (Å²) >= 11 is 0. The van der Waals surface area contributed by atoms with E-state index in [0.29, 0.717) is 13.2 Å². The third-order valence-electron chi connectivity index (χ3n) is 4.33. The molecule has 0 N–H and O–H groups in total. The van der Waals surface area contributed by atoms with Crippen LogP contribution in [0, 0.1) is 0 Å². The second kappa shape index (κ2) is 7.36. The molecule has 1 aliphatic rings. The summed E-state index contributed by atoms with van der Waals surface area (Å²) < 4.78 is 32.8. The minimum Gasteiger partial charge on any atom is -0.494 e. The molecule has 2 aromatic rings. The molecule has 0 amide bonds. The van der Waals surface area contributed by atoms with Crippen molar-refractivity contribution < 1.29 is 13.2 Å². The Morgan fingerprint density at radius 2 is 1.79 bits per heavy atom. The zero-order chi connectivity index (χ0) is 17.0. The average molecular weight is 345 g/mol. The minimum atomic E-state index is -3.33. The first-order valence-corrected chi connectivity index (χ1v) is 9.97. The molecule has 0 saturated carbocycles. The molecule has 1 saturated heterocycles. The predicted molar refractivity (Wildman–Crippen MR) is 95.4 cm³/mol. The van der Waals surface area contributed by atoms with E-state index in [2.05, 4.69) is 0 Å². The van der Waals surface area contributed by atoms with Crippen LogP contribution in [0.15, 0.2) is 54.6 Å². The third-order valence-corrected chi connectivity index (χ3v) is 6.18. The first-order chi connectivity index (χ1) is 11.6. The Morgan fingerprint density at radius 3 is 2.46 bits per heavy atom. The van der Waals surface area contributed by atoms with Gasteiger partial charge in [0, 0.05) is 12.6 Å². The number of benzene rings is 2. The van der Waals surface area contributed by atoms with E-state index in [1.54, 1.807) is 4.31 Å². The summed E-state index contributed by atoms with van der Waals surface area (Å²) in [5.74, 6) is 0.874. The van der Waals surface area contributed by atoms with E-state index in [-0.39, 0.29) is 11.8 Å². The lowest BCUT2D eigenvalue weighted by Crippen LogP contribution is -2.31.